The Hall–Kier alpha value is -2.95. The molecule has 2 rings (SSSR count). The number of sulfonamides is 1. The molecule has 31 heavy (non-hydrogen) atoms. The third-order valence-electron chi connectivity index (χ3n) is 4.43. The zero-order valence-electron chi connectivity index (χ0n) is 17.4. The Balaban J connectivity index is 2.29. The van der Waals surface area contributed by atoms with E-state index in [4.69, 9.17) is 9.47 Å². The maximum atomic E-state index is 12.9. The molecular formula is C20H23F3N2O5S. The second-order valence-corrected chi connectivity index (χ2v) is 8.55. The van der Waals surface area contributed by atoms with Gasteiger partial charge in [0.1, 0.15) is 17.5 Å². The van der Waals surface area contributed by atoms with Gasteiger partial charge in [-0.1, -0.05) is 12.1 Å². The van der Waals surface area contributed by atoms with E-state index in [1.165, 1.54) is 45.4 Å². The van der Waals surface area contributed by atoms with Gasteiger partial charge in [-0.15, -0.1) is 0 Å². The molecule has 1 N–H and O–H groups in total. The van der Waals surface area contributed by atoms with Gasteiger partial charge in [0.2, 0.25) is 15.9 Å². The minimum absolute atomic E-state index is 0.0890. The predicted octanol–water partition coefficient (Wildman–Crippen LogP) is 3.19. The molecule has 0 aliphatic rings. The number of halogens is 3. The lowest BCUT2D eigenvalue weighted by Crippen LogP contribution is -2.47. The van der Waals surface area contributed by atoms with Crippen LogP contribution in [0.4, 0.5) is 18.9 Å². The Bertz CT molecular complexity index is 1040. The van der Waals surface area contributed by atoms with Gasteiger partial charge in [0.15, 0.2) is 0 Å². The maximum Gasteiger partial charge on any atom is 0.416 e. The highest BCUT2D eigenvalue weighted by molar-refractivity contribution is 7.92. The molecule has 0 aliphatic carbocycles. The minimum atomic E-state index is -4.51. The number of benzene rings is 2. The molecule has 0 saturated heterocycles. The number of carbonyl (C=O) groups excluding carboxylic acids is 1. The number of nitrogens with zero attached hydrogens (tertiary/aromatic N) is 1. The van der Waals surface area contributed by atoms with Crippen LogP contribution in [0.5, 0.6) is 11.5 Å². The fraction of sp³-hybridized carbons (Fsp3) is 0.350. The summed E-state index contributed by atoms with van der Waals surface area (Å²) in [6, 6.07) is 7.77. The molecule has 0 heterocycles. The first-order chi connectivity index (χ1) is 14.4. The molecule has 0 saturated carbocycles. The molecule has 0 fully saturated rings. The van der Waals surface area contributed by atoms with Gasteiger partial charge in [0.05, 0.1) is 31.7 Å². The van der Waals surface area contributed by atoms with Crippen LogP contribution in [0.2, 0.25) is 0 Å². The highest BCUT2D eigenvalue weighted by atomic mass is 32.2. The molecule has 0 radical (unpaired) electrons. The number of methoxy groups -OCH3 is 2. The summed E-state index contributed by atoms with van der Waals surface area (Å²) in [5.74, 6) is -0.155. The lowest BCUT2D eigenvalue weighted by molar-refractivity contribution is -0.137. The van der Waals surface area contributed by atoms with Crippen molar-refractivity contribution in [2.45, 2.75) is 25.7 Å². The van der Waals surface area contributed by atoms with Crippen LogP contribution in [0.15, 0.2) is 42.5 Å². The number of nitrogens with one attached hydrogen (secondary N) is 1. The van der Waals surface area contributed by atoms with Crippen LogP contribution in [-0.4, -0.2) is 40.8 Å². The molecule has 2 aromatic rings. The van der Waals surface area contributed by atoms with E-state index in [0.717, 1.165) is 22.7 Å². The number of hydrogen-bond acceptors (Lipinski definition) is 5. The monoisotopic (exact) mass is 460 g/mol. The lowest BCUT2D eigenvalue weighted by atomic mass is 10.1. The number of anilines is 1. The summed E-state index contributed by atoms with van der Waals surface area (Å²) in [5.41, 5.74) is -0.530. The number of hydrogen-bond donors (Lipinski definition) is 1. The van der Waals surface area contributed by atoms with Crippen LogP contribution < -0.4 is 19.1 Å². The van der Waals surface area contributed by atoms with Crippen molar-refractivity contribution in [2.24, 2.45) is 0 Å². The van der Waals surface area contributed by atoms with Gasteiger partial charge < -0.3 is 14.8 Å². The van der Waals surface area contributed by atoms with Crippen LogP contribution in [0.25, 0.3) is 0 Å². The van der Waals surface area contributed by atoms with E-state index in [9.17, 15) is 26.4 Å². The summed E-state index contributed by atoms with van der Waals surface area (Å²) in [7, 11) is -1.18. The molecule has 0 aliphatic heterocycles. The second-order valence-electron chi connectivity index (χ2n) is 6.69. The molecule has 0 unspecified atom stereocenters. The van der Waals surface area contributed by atoms with E-state index in [1.807, 2.05) is 0 Å². The van der Waals surface area contributed by atoms with Crippen molar-refractivity contribution in [3.8, 4) is 11.5 Å². The minimum Gasteiger partial charge on any atom is -0.497 e. The molecule has 7 nitrogen and oxygen atoms in total. The summed E-state index contributed by atoms with van der Waals surface area (Å²) in [6.45, 7) is 1.15. The number of amides is 1. The molecule has 0 spiro atoms. The van der Waals surface area contributed by atoms with Crippen molar-refractivity contribution < 1.29 is 35.9 Å². The van der Waals surface area contributed by atoms with Gasteiger partial charge in [-0.2, -0.15) is 13.2 Å². The van der Waals surface area contributed by atoms with Crippen molar-refractivity contribution in [1.29, 1.82) is 0 Å². The smallest absolute Gasteiger partial charge is 0.416 e. The lowest BCUT2D eigenvalue weighted by Gasteiger charge is -2.29. The van der Waals surface area contributed by atoms with Crippen LogP contribution in [-0.2, 0) is 27.5 Å². The van der Waals surface area contributed by atoms with E-state index < -0.39 is 33.7 Å². The van der Waals surface area contributed by atoms with Gasteiger partial charge >= 0.3 is 6.18 Å². The highest BCUT2D eigenvalue weighted by Gasteiger charge is 2.32. The van der Waals surface area contributed by atoms with Gasteiger partial charge in [0, 0.05) is 12.6 Å². The van der Waals surface area contributed by atoms with E-state index in [1.54, 1.807) is 6.07 Å². The Kier molecular flexibility index (Phi) is 7.42. The third-order valence-corrected chi connectivity index (χ3v) is 5.66. The average molecular weight is 460 g/mol. The quantitative estimate of drug-likeness (QED) is 0.654. The van der Waals surface area contributed by atoms with E-state index in [2.05, 4.69) is 5.32 Å². The number of rotatable bonds is 8. The SMILES string of the molecule is COc1ccc(OC)c(N([C@@H](C)C(=O)NCc2cccc(C(F)(F)F)c2)S(C)(=O)=O)c1. The number of alkyl halides is 3. The van der Waals surface area contributed by atoms with Crippen molar-refractivity contribution in [2.75, 3.05) is 24.8 Å². The van der Waals surface area contributed by atoms with Gasteiger partial charge in [-0.05, 0) is 36.8 Å². The summed E-state index contributed by atoms with van der Waals surface area (Å²) >= 11 is 0. The molecule has 1 amide bonds. The molecule has 0 aromatic heterocycles. The van der Waals surface area contributed by atoms with Gasteiger partial charge in [0.25, 0.3) is 0 Å². The van der Waals surface area contributed by atoms with Crippen LogP contribution in [0, 0.1) is 0 Å². The largest absolute Gasteiger partial charge is 0.497 e. The summed E-state index contributed by atoms with van der Waals surface area (Å²) in [5, 5.41) is 2.48. The molecule has 11 heteroatoms. The summed E-state index contributed by atoms with van der Waals surface area (Å²) in [6.07, 6.45) is -3.58. The van der Waals surface area contributed by atoms with Gasteiger partial charge in [-0.3, -0.25) is 9.10 Å². The molecule has 170 valence electrons. The Morgan fingerprint density at radius 2 is 1.81 bits per heavy atom. The topological polar surface area (TPSA) is 84.9 Å². The number of carbonyl (C=O) groups is 1. The predicted molar refractivity (Wildman–Crippen MR) is 110 cm³/mol. The fourth-order valence-electron chi connectivity index (χ4n) is 2.94. The van der Waals surface area contributed by atoms with Crippen molar-refractivity contribution in [3.05, 3.63) is 53.6 Å². The summed E-state index contributed by atoms with van der Waals surface area (Å²) in [4.78, 5) is 12.7. The zero-order valence-corrected chi connectivity index (χ0v) is 18.2. The highest BCUT2D eigenvalue weighted by Crippen LogP contribution is 2.35. The van der Waals surface area contributed by atoms with Crippen LogP contribution >= 0.6 is 0 Å². The molecular weight excluding hydrogens is 437 g/mol. The molecule has 1 atom stereocenters. The molecule has 2 aromatic carbocycles. The Morgan fingerprint density at radius 1 is 1.13 bits per heavy atom. The average Bonchev–Trinajstić information content (AvgIpc) is 2.70. The van der Waals surface area contributed by atoms with Crippen LogP contribution in [0.3, 0.4) is 0 Å². The fourth-order valence-corrected chi connectivity index (χ4v) is 4.11. The Labute approximate surface area is 178 Å². The summed E-state index contributed by atoms with van der Waals surface area (Å²) < 4.78 is 74.8. The van der Waals surface area contributed by atoms with Crippen molar-refractivity contribution in [1.82, 2.24) is 5.32 Å². The van der Waals surface area contributed by atoms with Crippen LogP contribution in [0.1, 0.15) is 18.1 Å². The number of ether oxygens (including phenoxy) is 2. The van der Waals surface area contributed by atoms with E-state index in [0.29, 0.717) is 5.75 Å². The van der Waals surface area contributed by atoms with Crippen molar-refractivity contribution in [3.63, 3.8) is 0 Å². The first kappa shape index (κ1) is 24.3. The van der Waals surface area contributed by atoms with Crippen molar-refractivity contribution >= 4 is 21.6 Å². The first-order valence-electron chi connectivity index (χ1n) is 9.03. The first-order valence-corrected chi connectivity index (χ1v) is 10.9. The van der Waals surface area contributed by atoms with E-state index >= 15 is 0 Å². The molecule has 0 bridgehead atoms. The normalized spacial score (nSPS) is 12.7. The van der Waals surface area contributed by atoms with Gasteiger partial charge in [-0.25, -0.2) is 8.42 Å². The second kappa shape index (κ2) is 9.46. The zero-order chi connectivity index (χ0) is 23.4. The maximum absolute atomic E-state index is 12.9. The standard InChI is InChI=1S/C20H23F3N2O5S/c1-13(19(26)24-12-14-6-5-7-15(10-14)20(21,22)23)25(31(4,27)28)17-11-16(29-2)8-9-18(17)30-3/h5-11,13H,12H2,1-4H3,(H,24,26)/t13-/m0/s1. The Morgan fingerprint density at radius 3 is 2.35 bits per heavy atom. The third kappa shape index (κ3) is 6.03. The van der Waals surface area contributed by atoms with E-state index in [-0.39, 0.29) is 23.5 Å².